The van der Waals surface area contributed by atoms with Gasteiger partial charge in [-0.2, -0.15) is 0 Å². The first kappa shape index (κ1) is 26.0. The van der Waals surface area contributed by atoms with Crippen LogP contribution in [0.5, 0.6) is 0 Å². The summed E-state index contributed by atoms with van der Waals surface area (Å²) in [6.45, 7) is 21.1. The van der Waals surface area contributed by atoms with Crippen LogP contribution >= 0.6 is 0 Å². The van der Waals surface area contributed by atoms with Gasteiger partial charge in [-0.1, -0.05) is 0 Å². The Morgan fingerprint density at radius 1 is 0.893 bits per heavy atom. The molecule has 1 saturated heterocycles. The Hall–Kier alpha value is -0.0794. The van der Waals surface area contributed by atoms with Crippen molar-refractivity contribution in [3.8, 4) is 0 Å². The second-order valence-corrected chi connectivity index (χ2v) is 23.8. The number of ether oxygens (including phenoxy) is 2. The van der Waals surface area contributed by atoms with Gasteiger partial charge in [0.05, 0.1) is 18.8 Å². The van der Waals surface area contributed by atoms with E-state index in [0.29, 0.717) is 6.61 Å². The normalized spacial score (nSPS) is 29.6. The Labute approximate surface area is 174 Å². The summed E-state index contributed by atoms with van der Waals surface area (Å²) in [5.41, 5.74) is 0. The summed E-state index contributed by atoms with van der Waals surface area (Å²) < 4.78 is 31.0. The maximum Gasteiger partial charge on any atom is 0.217 e. The summed E-state index contributed by atoms with van der Waals surface area (Å²) in [6.07, 6.45) is -1.74. The maximum absolute atomic E-state index is 12.0. The third-order valence-electron chi connectivity index (χ3n) is 3.91. The highest BCUT2D eigenvalue weighted by atomic mass is 28.4. The third kappa shape index (κ3) is 9.16. The van der Waals surface area contributed by atoms with Crippen molar-refractivity contribution in [2.24, 2.45) is 0 Å². The Kier molecular flexibility index (Phi) is 9.10. The minimum Gasteiger partial charge on any atom is -0.415 e. The molecule has 28 heavy (non-hydrogen) atoms. The summed E-state index contributed by atoms with van der Waals surface area (Å²) in [6, 6.07) is -0.370. The van der Waals surface area contributed by atoms with Crippen LogP contribution in [0.15, 0.2) is 0 Å². The van der Waals surface area contributed by atoms with E-state index in [1.807, 2.05) is 0 Å². The summed E-state index contributed by atoms with van der Waals surface area (Å²) in [4.78, 5) is 12.0. The van der Waals surface area contributed by atoms with Crippen molar-refractivity contribution in [2.75, 3.05) is 13.7 Å². The first-order valence-electron chi connectivity index (χ1n) is 9.97. The van der Waals surface area contributed by atoms with Crippen LogP contribution in [0, 0.1) is 0 Å². The van der Waals surface area contributed by atoms with Crippen LogP contribution in [0.25, 0.3) is 0 Å². The monoisotopic (exact) mass is 451 g/mol. The van der Waals surface area contributed by atoms with Crippen LogP contribution in [0.1, 0.15) is 6.92 Å². The standard InChI is InChI=1S/C18H41NO6Si3/c1-13(20)19-15-16(24-27(6,7)8)14(12-22-26(3,4)5)23-18(21-2)17(15)25-28(9,10)11/h14-18H,12H2,1-11H3,(H,19,20)/t14-,15+,16-,17-,18+/m1/s1. The zero-order valence-electron chi connectivity index (χ0n) is 19.5. The Balaban J connectivity index is 3.28. The number of methoxy groups -OCH3 is 1. The van der Waals surface area contributed by atoms with Crippen molar-refractivity contribution < 1.29 is 27.5 Å². The number of nitrogens with one attached hydrogen (secondary N) is 1. The molecule has 166 valence electrons. The fourth-order valence-corrected chi connectivity index (χ4v) is 5.92. The lowest BCUT2D eigenvalue weighted by Crippen LogP contribution is -2.68. The van der Waals surface area contributed by atoms with Gasteiger partial charge in [-0.15, -0.1) is 0 Å². The smallest absolute Gasteiger partial charge is 0.217 e. The predicted molar refractivity (Wildman–Crippen MR) is 119 cm³/mol. The quantitative estimate of drug-likeness (QED) is 0.543. The van der Waals surface area contributed by atoms with E-state index >= 15 is 0 Å². The van der Waals surface area contributed by atoms with E-state index in [1.54, 1.807) is 7.11 Å². The topological polar surface area (TPSA) is 75.3 Å². The lowest BCUT2D eigenvalue weighted by molar-refractivity contribution is -0.263. The number of hydrogen-bond donors (Lipinski definition) is 1. The highest BCUT2D eigenvalue weighted by molar-refractivity contribution is 6.70. The molecule has 5 atom stereocenters. The fourth-order valence-electron chi connectivity index (χ4n) is 3.06. The highest BCUT2D eigenvalue weighted by Crippen LogP contribution is 2.31. The molecule has 1 N–H and O–H groups in total. The summed E-state index contributed by atoms with van der Waals surface area (Å²) in [5.74, 6) is -0.125. The fraction of sp³-hybridized carbons (Fsp3) is 0.944. The van der Waals surface area contributed by atoms with E-state index in [1.165, 1.54) is 6.92 Å². The molecule has 10 heteroatoms. The van der Waals surface area contributed by atoms with Crippen LogP contribution in [0.3, 0.4) is 0 Å². The molecule has 1 rings (SSSR count). The second-order valence-electron chi connectivity index (χ2n) is 10.3. The molecule has 1 aliphatic heterocycles. The molecule has 1 heterocycles. The average molecular weight is 452 g/mol. The number of hydrogen-bond acceptors (Lipinski definition) is 6. The number of carbonyl (C=O) groups excluding carboxylic acids is 1. The minimum atomic E-state index is -1.94. The van der Waals surface area contributed by atoms with Crippen molar-refractivity contribution in [1.29, 1.82) is 0 Å². The van der Waals surface area contributed by atoms with Gasteiger partial charge >= 0.3 is 0 Å². The highest BCUT2D eigenvalue weighted by Gasteiger charge is 2.50. The summed E-state index contributed by atoms with van der Waals surface area (Å²) >= 11 is 0. The SMILES string of the molecule is CO[C@H]1O[C@H](CO[Si](C)(C)C)[C@@H](O[Si](C)(C)C)[C@H](NC(C)=O)[C@H]1O[Si](C)(C)C. The number of rotatable bonds is 9. The summed E-state index contributed by atoms with van der Waals surface area (Å²) in [7, 11) is -4.01. The third-order valence-corrected chi connectivity index (χ3v) is 6.90. The lowest BCUT2D eigenvalue weighted by atomic mass is 9.96. The summed E-state index contributed by atoms with van der Waals surface area (Å²) in [5, 5.41) is 3.07. The molecule has 1 aliphatic rings. The molecule has 0 bridgehead atoms. The van der Waals surface area contributed by atoms with Crippen LogP contribution in [-0.4, -0.2) is 75.2 Å². The van der Waals surface area contributed by atoms with E-state index in [4.69, 9.17) is 22.8 Å². The van der Waals surface area contributed by atoms with Gasteiger partial charge in [-0.25, -0.2) is 0 Å². The zero-order valence-corrected chi connectivity index (χ0v) is 22.5. The molecule has 0 radical (unpaired) electrons. The van der Waals surface area contributed by atoms with E-state index in [-0.39, 0.29) is 24.2 Å². The van der Waals surface area contributed by atoms with Gasteiger partial charge < -0.3 is 28.1 Å². The van der Waals surface area contributed by atoms with Crippen molar-refractivity contribution in [3.05, 3.63) is 0 Å². The van der Waals surface area contributed by atoms with Gasteiger partial charge in [-0.3, -0.25) is 4.79 Å². The van der Waals surface area contributed by atoms with Crippen LogP contribution < -0.4 is 5.32 Å². The average Bonchev–Trinajstić information content (AvgIpc) is 2.45. The van der Waals surface area contributed by atoms with Gasteiger partial charge in [0.2, 0.25) is 5.91 Å². The molecule has 0 unspecified atom stereocenters. The Morgan fingerprint density at radius 2 is 1.39 bits per heavy atom. The molecule has 0 aromatic rings. The molecule has 0 aromatic heterocycles. The second kappa shape index (κ2) is 9.82. The minimum absolute atomic E-state index is 0.125. The molecule has 1 fully saturated rings. The van der Waals surface area contributed by atoms with Crippen LogP contribution in [-0.2, 0) is 27.5 Å². The largest absolute Gasteiger partial charge is 0.415 e. The van der Waals surface area contributed by atoms with Gasteiger partial charge in [0, 0.05) is 14.0 Å². The first-order chi connectivity index (χ1) is 12.5. The predicted octanol–water partition coefficient (Wildman–Crippen LogP) is 3.15. The van der Waals surface area contributed by atoms with Crippen molar-refractivity contribution in [3.63, 3.8) is 0 Å². The van der Waals surface area contributed by atoms with E-state index in [0.717, 1.165) is 0 Å². The van der Waals surface area contributed by atoms with Crippen molar-refractivity contribution >= 4 is 30.9 Å². The van der Waals surface area contributed by atoms with Crippen LogP contribution in [0.2, 0.25) is 58.9 Å². The van der Waals surface area contributed by atoms with Gasteiger partial charge in [0.25, 0.3) is 0 Å². The molecule has 0 saturated carbocycles. The molecule has 0 aromatic carbocycles. The van der Waals surface area contributed by atoms with E-state index in [9.17, 15) is 4.79 Å². The molecule has 0 aliphatic carbocycles. The van der Waals surface area contributed by atoms with Gasteiger partial charge in [0.1, 0.15) is 12.2 Å². The van der Waals surface area contributed by atoms with Crippen molar-refractivity contribution in [1.82, 2.24) is 5.32 Å². The van der Waals surface area contributed by atoms with E-state index < -0.39 is 37.3 Å². The molecular weight excluding hydrogens is 410 g/mol. The van der Waals surface area contributed by atoms with Crippen molar-refractivity contribution in [2.45, 2.75) is 96.5 Å². The Bertz CT molecular complexity index is 515. The van der Waals surface area contributed by atoms with Gasteiger partial charge in [0.15, 0.2) is 31.2 Å². The number of carbonyl (C=O) groups is 1. The Morgan fingerprint density at radius 3 is 1.79 bits per heavy atom. The van der Waals surface area contributed by atoms with E-state index in [2.05, 4.69) is 64.2 Å². The van der Waals surface area contributed by atoms with Gasteiger partial charge in [-0.05, 0) is 58.9 Å². The molecular formula is C18H41NO6Si3. The molecule has 1 amide bonds. The molecule has 7 nitrogen and oxygen atoms in total. The zero-order chi connectivity index (χ0) is 21.9. The molecule has 0 spiro atoms. The number of amides is 1. The first-order valence-corrected chi connectivity index (χ1v) is 20.2. The lowest BCUT2D eigenvalue weighted by Gasteiger charge is -2.49. The van der Waals surface area contributed by atoms with Crippen LogP contribution in [0.4, 0.5) is 0 Å². The maximum atomic E-state index is 12.0.